The lowest BCUT2D eigenvalue weighted by Gasteiger charge is -2.40. The van der Waals surface area contributed by atoms with Crippen LogP contribution in [-0.4, -0.2) is 78.9 Å². The van der Waals surface area contributed by atoms with Crippen LogP contribution in [0.3, 0.4) is 0 Å². The minimum Gasteiger partial charge on any atom is -0.343 e. The number of rotatable bonds is 6. The first-order valence-electron chi connectivity index (χ1n) is 9.03. The van der Waals surface area contributed by atoms with Crippen LogP contribution >= 0.6 is 11.3 Å². The maximum absolute atomic E-state index is 12.4. The number of piperazine rings is 1. The predicted octanol–water partition coefficient (Wildman–Crippen LogP) is 1.41. The number of amides is 2. The zero-order valence-corrected chi connectivity index (χ0v) is 16.5. The van der Waals surface area contributed by atoms with Crippen LogP contribution in [0, 0.1) is 0 Å². The van der Waals surface area contributed by atoms with Gasteiger partial charge in [-0.1, -0.05) is 6.07 Å². The molecule has 0 radical (unpaired) electrons. The van der Waals surface area contributed by atoms with Crippen molar-refractivity contribution >= 4 is 23.2 Å². The van der Waals surface area contributed by atoms with Crippen molar-refractivity contribution in [2.45, 2.75) is 32.9 Å². The van der Waals surface area contributed by atoms with Crippen molar-refractivity contribution in [1.82, 2.24) is 20.0 Å². The molecule has 0 bridgehead atoms. The van der Waals surface area contributed by atoms with Gasteiger partial charge in [0, 0.05) is 50.2 Å². The molecule has 25 heavy (non-hydrogen) atoms. The minimum atomic E-state index is -0.508. The first-order chi connectivity index (χ1) is 12.0. The molecule has 140 valence electrons. The van der Waals surface area contributed by atoms with Crippen LogP contribution in [-0.2, 0) is 9.59 Å². The molecule has 1 saturated heterocycles. The zero-order chi connectivity index (χ0) is 18.4. The summed E-state index contributed by atoms with van der Waals surface area (Å²) in [6.45, 7) is 10.8. The quantitative estimate of drug-likeness (QED) is 0.774. The smallest absolute Gasteiger partial charge is 0.311 e. The number of likely N-dealkylation sites (N-methyl/N-ethyl adjacent to an activating group) is 2. The van der Waals surface area contributed by atoms with Gasteiger partial charge in [-0.2, -0.15) is 0 Å². The summed E-state index contributed by atoms with van der Waals surface area (Å²) >= 11 is 1.70. The summed E-state index contributed by atoms with van der Waals surface area (Å²) in [5.74, 6) is -0.952. The third-order valence-electron chi connectivity index (χ3n) is 4.84. The molecule has 0 spiro atoms. The Kier molecular flexibility index (Phi) is 7.40. The van der Waals surface area contributed by atoms with Crippen molar-refractivity contribution in [2.75, 3.05) is 46.3 Å². The van der Waals surface area contributed by atoms with E-state index in [1.807, 2.05) is 26.8 Å². The maximum Gasteiger partial charge on any atom is 0.311 e. The van der Waals surface area contributed by atoms with Gasteiger partial charge in [-0.05, 0) is 39.3 Å². The maximum atomic E-state index is 12.4. The molecule has 2 amide bonds. The molecule has 1 N–H and O–H groups in total. The van der Waals surface area contributed by atoms with Gasteiger partial charge < -0.3 is 15.1 Å². The van der Waals surface area contributed by atoms with Gasteiger partial charge >= 0.3 is 11.8 Å². The van der Waals surface area contributed by atoms with E-state index in [2.05, 4.69) is 33.6 Å². The average molecular weight is 367 g/mol. The Hall–Kier alpha value is -1.44. The molecule has 0 aliphatic carbocycles. The van der Waals surface area contributed by atoms with Gasteiger partial charge in [-0.25, -0.2) is 0 Å². The standard InChI is InChI=1S/C18H30N4O2S/c1-5-21(6-2)18(24)17(23)19-14(3)16(15-8-7-13-25-15)22-11-9-20(4)10-12-22/h7-8,13-14,16H,5-6,9-12H2,1-4H3,(H,19,23)/t14-,16-/m0/s1. The summed E-state index contributed by atoms with van der Waals surface area (Å²) in [7, 11) is 2.13. The van der Waals surface area contributed by atoms with Crippen molar-refractivity contribution in [1.29, 1.82) is 0 Å². The van der Waals surface area contributed by atoms with E-state index < -0.39 is 11.8 Å². The zero-order valence-electron chi connectivity index (χ0n) is 15.7. The fourth-order valence-electron chi connectivity index (χ4n) is 3.30. The van der Waals surface area contributed by atoms with Crippen molar-refractivity contribution in [3.05, 3.63) is 22.4 Å². The number of nitrogens with zero attached hydrogens (tertiary/aromatic N) is 3. The lowest BCUT2D eigenvalue weighted by molar-refractivity contribution is -0.146. The van der Waals surface area contributed by atoms with Crippen LogP contribution in [0.4, 0.5) is 0 Å². The third-order valence-corrected chi connectivity index (χ3v) is 5.79. The fourth-order valence-corrected chi connectivity index (χ4v) is 4.27. The highest BCUT2D eigenvalue weighted by Gasteiger charge is 2.31. The summed E-state index contributed by atoms with van der Waals surface area (Å²) in [5, 5.41) is 5.01. The number of carbonyl (C=O) groups is 2. The number of thiophene rings is 1. The Morgan fingerprint density at radius 3 is 2.40 bits per heavy atom. The van der Waals surface area contributed by atoms with Crippen molar-refractivity contribution in [3.8, 4) is 0 Å². The summed E-state index contributed by atoms with van der Waals surface area (Å²) in [6, 6.07) is 4.12. The Morgan fingerprint density at radius 1 is 1.24 bits per heavy atom. The molecular weight excluding hydrogens is 336 g/mol. The molecule has 1 aliphatic rings. The number of hydrogen-bond acceptors (Lipinski definition) is 5. The van der Waals surface area contributed by atoms with Crippen LogP contribution < -0.4 is 5.32 Å². The van der Waals surface area contributed by atoms with Crippen molar-refractivity contribution < 1.29 is 9.59 Å². The highest BCUT2D eigenvalue weighted by molar-refractivity contribution is 7.10. The first kappa shape index (κ1) is 19.9. The van der Waals surface area contributed by atoms with Crippen LogP contribution in [0.5, 0.6) is 0 Å². The van der Waals surface area contributed by atoms with Crippen LogP contribution in [0.1, 0.15) is 31.7 Å². The predicted molar refractivity (Wildman–Crippen MR) is 102 cm³/mol. The van der Waals surface area contributed by atoms with E-state index in [-0.39, 0.29) is 12.1 Å². The van der Waals surface area contributed by atoms with E-state index >= 15 is 0 Å². The summed E-state index contributed by atoms with van der Waals surface area (Å²) in [4.78, 5) is 32.2. The molecule has 7 heteroatoms. The number of hydrogen-bond donors (Lipinski definition) is 1. The molecule has 6 nitrogen and oxygen atoms in total. The molecule has 0 saturated carbocycles. The molecule has 2 rings (SSSR count). The molecule has 2 atom stereocenters. The summed E-state index contributed by atoms with van der Waals surface area (Å²) < 4.78 is 0. The van der Waals surface area contributed by atoms with Gasteiger partial charge in [-0.15, -0.1) is 11.3 Å². The lowest BCUT2D eigenvalue weighted by Crippen LogP contribution is -2.53. The van der Waals surface area contributed by atoms with Crippen LogP contribution in [0.25, 0.3) is 0 Å². The second-order valence-corrected chi connectivity index (χ2v) is 7.52. The topological polar surface area (TPSA) is 55.9 Å². The van der Waals surface area contributed by atoms with Gasteiger partial charge in [0.05, 0.1) is 6.04 Å². The Balaban J connectivity index is 2.09. The molecule has 1 aromatic rings. The Morgan fingerprint density at radius 2 is 1.88 bits per heavy atom. The molecule has 2 heterocycles. The summed E-state index contributed by atoms with van der Waals surface area (Å²) in [5.41, 5.74) is 0. The van der Waals surface area contributed by atoms with E-state index in [0.29, 0.717) is 13.1 Å². The fraction of sp³-hybridized carbons (Fsp3) is 0.667. The molecule has 1 fully saturated rings. The van der Waals surface area contributed by atoms with E-state index in [1.165, 1.54) is 4.88 Å². The largest absolute Gasteiger partial charge is 0.343 e. The third kappa shape index (κ3) is 5.03. The van der Waals surface area contributed by atoms with Gasteiger partial charge in [0.2, 0.25) is 0 Å². The lowest BCUT2D eigenvalue weighted by atomic mass is 10.0. The second kappa shape index (κ2) is 9.31. The Bertz CT molecular complexity index is 551. The van der Waals surface area contributed by atoms with E-state index in [9.17, 15) is 9.59 Å². The molecule has 0 aromatic carbocycles. The SMILES string of the molecule is CCN(CC)C(=O)C(=O)N[C@@H](C)[C@@H](c1cccs1)N1CCN(C)CC1. The highest BCUT2D eigenvalue weighted by atomic mass is 32.1. The monoisotopic (exact) mass is 366 g/mol. The second-order valence-electron chi connectivity index (χ2n) is 6.54. The Labute approximate surface area is 154 Å². The van der Waals surface area contributed by atoms with Gasteiger partial charge in [0.15, 0.2) is 0 Å². The number of carbonyl (C=O) groups excluding carboxylic acids is 2. The van der Waals surface area contributed by atoms with E-state index in [1.54, 1.807) is 16.2 Å². The van der Waals surface area contributed by atoms with Crippen molar-refractivity contribution in [3.63, 3.8) is 0 Å². The molecule has 1 aromatic heterocycles. The van der Waals surface area contributed by atoms with Gasteiger partial charge in [0.25, 0.3) is 0 Å². The molecule has 0 unspecified atom stereocenters. The highest BCUT2D eigenvalue weighted by Crippen LogP contribution is 2.29. The molecule has 1 aliphatic heterocycles. The first-order valence-corrected chi connectivity index (χ1v) is 9.91. The minimum absolute atomic E-state index is 0.0992. The summed E-state index contributed by atoms with van der Waals surface area (Å²) in [6.07, 6.45) is 0. The normalized spacial score (nSPS) is 18.6. The van der Waals surface area contributed by atoms with Gasteiger partial charge in [0.1, 0.15) is 0 Å². The van der Waals surface area contributed by atoms with Gasteiger partial charge in [-0.3, -0.25) is 14.5 Å². The van der Waals surface area contributed by atoms with Crippen LogP contribution in [0.15, 0.2) is 17.5 Å². The van der Waals surface area contributed by atoms with E-state index in [0.717, 1.165) is 26.2 Å². The number of nitrogens with one attached hydrogen (secondary N) is 1. The van der Waals surface area contributed by atoms with E-state index in [4.69, 9.17) is 0 Å². The average Bonchev–Trinajstić information content (AvgIpc) is 3.11. The van der Waals surface area contributed by atoms with Crippen LogP contribution in [0.2, 0.25) is 0 Å². The molecular formula is C18H30N4O2S. The van der Waals surface area contributed by atoms with Crippen molar-refractivity contribution in [2.24, 2.45) is 0 Å².